The van der Waals surface area contributed by atoms with E-state index in [1.54, 1.807) is 36.7 Å². The molecule has 3 heterocycles. The van der Waals surface area contributed by atoms with Crippen LogP contribution in [0.5, 0.6) is 0 Å². The molecule has 166 valence electrons. The lowest BCUT2D eigenvalue weighted by Crippen LogP contribution is -2.24. The van der Waals surface area contributed by atoms with Crippen molar-refractivity contribution in [3.05, 3.63) is 66.6 Å². The Hall–Kier alpha value is -4.07. The highest BCUT2D eigenvalue weighted by atomic mass is 16.2. The van der Waals surface area contributed by atoms with Gasteiger partial charge in [-0.1, -0.05) is 25.3 Å². The first kappa shape index (κ1) is 20.8. The minimum Gasteiger partial charge on any atom is -0.337 e. The molecular formula is C25H24N6O2. The molecule has 2 amide bonds. The molecule has 1 aliphatic rings. The van der Waals surface area contributed by atoms with Gasteiger partial charge in [-0.25, -0.2) is 9.97 Å². The molecule has 0 bridgehead atoms. The molecule has 1 saturated carbocycles. The van der Waals surface area contributed by atoms with Crippen LogP contribution in [0.15, 0.2) is 60.9 Å². The Morgan fingerprint density at radius 3 is 2.52 bits per heavy atom. The van der Waals surface area contributed by atoms with E-state index in [0.717, 1.165) is 42.5 Å². The van der Waals surface area contributed by atoms with Crippen molar-refractivity contribution in [3.8, 4) is 11.4 Å². The van der Waals surface area contributed by atoms with E-state index in [2.05, 4.69) is 30.6 Å². The topological polar surface area (TPSA) is 113 Å². The summed E-state index contributed by atoms with van der Waals surface area (Å²) >= 11 is 0. The number of amides is 2. The van der Waals surface area contributed by atoms with Crippen LogP contribution >= 0.6 is 0 Å². The van der Waals surface area contributed by atoms with Gasteiger partial charge in [0.05, 0.1) is 17.2 Å². The van der Waals surface area contributed by atoms with Gasteiger partial charge in [0.1, 0.15) is 17.3 Å². The molecule has 1 aromatic carbocycles. The van der Waals surface area contributed by atoms with Crippen LogP contribution in [0.3, 0.4) is 0 Å². The number of nitrogens with one attached hydrogen (secondary N) is 3. The predicted octanol–water partition coefficient (Wildman–Crippen LogP) is 4.79. The highest BCUT2D eigenvalue weighted by molar-refractivity contribution is 6.02. The smallest absolute Gasteiger partial charge is 0.275 e. The fourth-order valence-corrected chi connectivity index (χ4v) is 4.11. The van der Waals surface area contributed by atoms with Crippen LogP contribution in [0.2, 0.25) is 0 Å². The lowest BCUT2D eigenvalue weighted by atomic mass is 9.88. The van der Waals surface area contributed by atoms with Crippen molar-refractivity contribution in [2.24, 2.45) is 5.92 Å². The summed E-state index contributed by atoms with van der Waals surface area (Å²) < 4.78 is 0. The summed E-state index contributed by atoms with van der Waals surface area (Å²) in [4.78, 5) is 41.0. The van der Waals surface area contributed by atoms with Gasteiger partial charge in [-0.15, -0.1) is 0 Å². The second kappa shape index (κ2) is 9.20. The number of aromatic nitrogens is 4. The lowest BCUT2D eigenvalue weighted by molar-refractivity contribution is -0.120. The van der Waals surface area contributed by atoms with Crippen LogP contribution in [-0.2, 0) is 4.79 Å². The standard InChI is InChI=1S/C25H24N6O2/c32-24(17-6-2-1-3-7-17)28-18-11-9-16(10-12-18)23-29-20-14-22(27-15-21(20)30-23)31-25(33)19-8-4-5-13-26-19/h4-5,8-15,17H,1-3,6-7H2,(H,28,32)(H,29,30)(H,27,31,33). The quantitative estimate of drug-likeness (QED) is 0.413. The normalized spacial score (nSPS) is 14.2. The third-order valence-corrected chi connectivity index (χ3v) is 5.91. The van der Waals surface area contributed by atoms with E-state index < -0.39 is 0 Å². The van der Waals surface area contributed by atoms with Crippen LogP contribution in [0.25, 0.3) is 22.4 Å². The minimum atomic E-state index is -0.330. The van der Waals surface area contributed by atoms with Crippen molar-refractivity contribution >= 4 is 34.4 Å². The Balaban J connectivity index is 1.28. The van der Waals surface area contributed by atoms with E-state index >= 15 is 0 Å². The van der Waals surface area contributed by atoms with Crippen molar-refractivity contribution in [2.45, 2.75) is 32.1 Å². The van der Waals surface area contributed by atoms with E-state index in [0.29, 0.717) is 22.9 Å². The molecule has 3 N–H and O–H groups in total. The van der Waals surface area contributed by atoms with Crippen molar-refractivity contribution in [2.75, 3.05) is 10.6 Å². The number of carbonyl (C=O) groups excluding carboxylic acids is 2. The third-order valence-electron chi connectivity index (χ3n) is 5.91. The Morgan fingerprint density at radius 1 is 0.939 bits per heavy atom. The maximum absolute atomic E-state index is 12.5. The average Bonchev–Trinajstić information content (AvgIpc) is 3.29. The lowest BCUT2D eigenvalue weighted by Gasteiger charge is -2.20. The number of hydrogen-bond donors (Lipinski definition) is 3. The molecule has 8 heteroatoms. The summed E-state index contributed by atoms with van der Waals surface area (Å²) in [5, 5.41) is 5.78. The summed E-state index contributed by atoms with van der Waals surface area (Å²) in [6.07, 6.45) is 8.64. The fourth-order valence-electron chi connectivity index (χ4n) is 4.11. The molecule has 0 spiro atoms. The number of benzene rings is 1. The van der Waals surface area contributed by atoms with Crippen molar-refractivity contribution in [1.29, 1.82) is 0 Å². The van der Waals surface area contributed by atoms with Crippen molar-refractivity contribution < 1.29 is 9.59 Å². The van der Waals surface area contributed by atoms with Gasteiger partial charge < -0.3 is 15.6 Å². The summed E-state index contributed by atoms with van der Waals surface area (Å²) in [5.41, 5.74) is 3.44. The number of fused-ring (bicyclic) bond motifs is 1. The fraction of sp³-hybridized carbons (Fsp3) is 0.240. The Morgan fingerprint density at radius 2 is 1.76 bits per heavy atom. The second-order valence-corrected chi connectivity index (χ2v) is 8.24. The zero-order chi connectivity index (χ0) is 22.6. The average molecular weight is 441 g/mol. The zero-order valence-electron chi connectivity index (χ0n) is 18.0. The first-order valence-electron chi connectivity index (χ1n) is 11.2. The maximum atomic E-state index is 12.5. The Bertz CT molecular complexity index is 1280. The molecule has 5 rings (SSSR count). The molecule has 1 fully saturated rings. The van der Waals surface area contributed by atoms with Crippen LogP contribution in [0.1, 0.15) is 42.6 Å². The third kappa shape index (κ3) is 4.74. The summed E-state index contributed by atoms with van der Waals surface area (Å²) in [6.45, 7) is 0. The predicted molar refractivity (Wildman–Crippen MR) is 127 cm³/mol. The largest absolute Gasteiger partial charge is 0.337 e. The van der Waals surface area contributed by atoms with Gasteiger partial charge >= 0.3 is 0 Å². The number of rotatable bonds is 5. The number of hydrogen-bond acceptors (Lipinski definition) is 5. The van der Waals surface area contributed by atoms with Crippen LogP contribution in [0, 0.1) is 5.92 Å². The number of imidazole rings is 1. The molecule has 0 atom stereocenters. The highest BCUT2D eigenvalue weighted by Crippen LogP contribution is 2.26. The molecule has 0 saturated heterocycles. The Kier molecular flexibility index (Phi) is 5.80. The summed E-state index contributed by atoms with van der Waals surface area (Å²) in [5.74, 6) is 0.984. The summed E-state index contributed by atoms with van der Waals surface area (Å²) in [7, 11) is 0. The SMILES string of the molecule is O=C(Nc1cc2nc(-c3ccc(NC(=O)C4CCCCC4)cc3)[nH]c2cn1)c1ccccn1. The number of anilines is 2. The monoisotopic (exact) mass is 440 g/mol. The molecule has 1 aliphatic carbocycles. The van der Waals surface area contributed by atoms with E-state index in [1.165, 1.54) is 6.42 Å². The number of pyridine rings is 2. The molecule has 33 heavy (non-hydrogen) atoms. The Labute approximate surface area is 190 Å². The van der Waals surface area contributed by atoms with E-state index in [-0.39, 0.29) is 17.7 Å². The maximum Gasteiger partial charge on any atom is 0.275 e. The van der Waals surface area contributed by atoms with Gasteiger partial charge in [-0.05, 0) is 49.2 Å². The van der Waals surface area contributed by atoms with E-state index in [1.807, 2.05) is 24.3 Å². The molecule has 0 unspecified atom stereocenters. The van der Waals surface area contributed by atoms with Gasteiger partial charge in [0.25, 0.3) is 5.91 Å². The highest BCUT2D eigenvalue weighted by Gasteiger charge is 2.21. The molecule has 0 aliphatic heterocycles. The molecule has 4 aromatic rings. The number of aromatic amines is 1. The second-order valence-electron chi connectivity index (χ2n) is 8.24. The number of nitrogens with zero attached hydrogens (tertiary/aromatic N) is 3. The molecular weight excluding hydrogens is 416 g/mol. The van der Waals surface area contributed by atoms with Crippen LogP contribution in [0.4, 0.5) is 11.5 Å². The van der Waals surface area contributed by atoms with Gasteiger partial charge in [0, 0.05) is 29.4 Å². The van der Waals surface area contributed by atoms with Crippen LogP contribution in [-0.4, -0.2) is 31.8 Å². The molecule has 0 radical (unpaired) electrons. The van der Waals surface area contributed by atoms with Gasteiger partial charge in [0.15, 0.2) is 0 Å². The number of carbonyl (C=O) groups is 2. The first-order chi connectivity index (χ1) is 16.2. The molecule has 3 aromatic heterocycles. The first-order valence-corrected chi connectivity index (χ1v) is 11.2. The number of H-pyrrole nitrogens is 1. The van der Waals surface area contributed by atoms with E-state index in [4.69, 9.17) is 0 Å². The van der Waals surface area contributed by atoms with E-state index in [9.17, 15) is 9.59 Å². The van der Waals surface area contributed by atoms with Gasteiger partial charge in [0.2, 0.25) is 5.91 Å². The van der Waals surface area contributed by atoms with Crippen molar-refractivity contribution in [1.82, 2.24) is 19.9 Å². The van der Waals surface area contributed by atoms with Gasteiger partial charge in [-0.2, -0.15) is 0 Å². The van der Waals surface area contributed by atoms with Crippen molar-refractivity contribution in [3.63, 3.8) is 0 Å². The van der Waals surface area contributed by atoms with Crippen LogP contribution < -0.4 is 10.6 Å². The van der Waals surface area contributed by atoms with Gasteiger partial charge in [-0.3, -0.25) is 14.6 Å². The summed E-state index contributed by atoms with van der Waals surface area (Å²) in [6, 6.07) is 14.5. The molecule has 8 nitrogen and oxygen atoms in total. The minimum absolute atomic E-state index is 0.109. The zero-order valence-corrected chi connectivity index (χ0v) is 18.0.